The van der Waals surface area contributed by atoms with E-state index in [1.165, 1.54) is 0 Å². The summed E-state index contributed by atoms with van der Waals surface area (Å²) in [5, 5.41) is 3.82. The van der Waals surface area contributed by atoms with Gasteiger partial charge in [0.25, 0.3) is 0 Å². The van der Waals surface area contributed by atoms with Gasteiger partial charge in [-0.15, -0.1) is 0 Å². The number of aromatic nitrogens is 1. The van der Waals surface area contributed by atoms with Crippen molar-refractivity contribution in [3.63, 3.8) is 0 Å². The van der Waals surface area contributed by atoms with Gasteiger partial charge in [0.2, 0.25) is 5.88 Å². The number of anilines is 1. The van der Waals surface area contributed by atoms with Gasteiger partial charge in [-0.05, 0) is 25.5 Å². The number of hydrogen-bond donors (Lipinski definition) is 1. The molecule has 0 spiro atoms. The lowest BCUT2D eigenvalue weighted by Crippen LogP contribution is -1.84. The predicted molar refractivity (Wildman–Crippen MR) is 48.1 cm³/mol. The molecular weight excluding hydrogens is 168 g/mol. The first kappa shape index (κ1) is 7.91. The quantitative estimate of drug-likeness (QED) is 0.726. The van der Waals surface area contributed by atoms with Crippen molar-refractivity contribution in [1.29, 1.82) is 0 Å². The van der Waals surface area contributed by atoms with Crippen molar-refractivity contribution in [2.45, 2.75) is 13.8 Å². The van der Waals surface area contributed by atoms with Gasteiger partial charge in [-0.1, -0.05) is 5.16 Å². The summed E-state index contributed by atoms with van der Waals surface area (Å²) in [6, 6.07) is 1.87. The molecule has 2 heterocycles. The second-order valence-electron chi connectivity index (χ2n) is 2.95. The van der Waals surface area contributed by atoms with E-state index in [-0.39, 0.29) is 0 Å². The van der Waals surface area contributed by atoms with Crippen LogP contribution in [0.5, 0.6) is 0 Å². The monoisotopic (exact) mass is 178 g/mol. The molecule has 68 valence electrons. The first-order chi connectivity index (χ1) is 6.20. The van der Waals surface area contributed by atoms with Crippen LogP contribution in [0.3, 0.4) is 0 Å². The van der Waals surface area contributed by atoms with Gasteiger partial charge in [0, 0.05) is 5.56 Å². The number of nitrogen functional groups attached to an aromatic ring is 1. The van der Waals surface area contributed by atoms with Gasteiger partial charge < -0.3 is 14.7 Å². The molecule has 13 heavy (non-hydrogen) atoms. The van der Waals surface area contributed by atoms with E-state index in [1.54, 1.807) is 6.26 Å². The van der Waals surface area contributed by atoms with Gasteiger partial charge in [0.1, 0.15) is 0 Å². The summed E-state index contributed by atoms with van der Waals surface area (Å²) >= 11 is 0. The Morgan fingerprint density at radius 1 is 1.38 bits per heavy atom. The van der Waals surface area contributed by atoms with Crippen molar-refractivity contribution in [1.82, 2.24) is 5.16 Å². The molecule has 2 aromatic rings. The van der Waals surface area contributed by atoms with Gasteiger partial charge in [0.15, 0.2) is 11.5 Å². The van der Waals surface area contributed by atoms with Crippen molar-refractivity contribution in [3.05, 3.63) is 23.5 Å². The maximum Gasteiger partial charge on any atom is 0.225 e. The molecule has 0 saturated heterocycles. The fourth-order valence-electron chi connectivity index (χ4n) is 1.18. The lowest BCUT2D eigenvalue weighted by molar-refractivity contribution is 0.435. The lowest BCUT2D eigenvalue weighted by Gasteiger charge is -1.92. The fraction of sp³-hybridized carbons (Fsp3) is 0.222. The van der Waals surface area contributed by atoms with Crippen LogP contribution in [0.1, 0.15) is 11.1 Å². The Morgan fingerprint density at radius 3 is 2.62 bits per heavy atom. The number of rotatable bonds is 1. The van der Waals surface area contributed by atoms with Crippen molar-refractivity contribution < 1.29 is 8.94 Å². The van der Waals surface area contributed by atoms with Crippen LogP contribution in [-0.2, 0) is 0 Å². The van der Waals surface area contributed by atoms with Crippen LogP contribution in [-0.4, -0.2) is 5.16 Å². The highest BCUT2D eigenvalue weighted by Crippen LogP contribution is 2.28. The number of furan rings is 1. The van der Waals surface area contributed by atoms with E-state index >= 15 is 0 Å². The fourth-order valence-corrected chi connectivity index (χ4v) is 1.18. The molecule has 4 heteroatoms. The van der Waals surface area contributed by atoms with E-state index in [0.717, 1.165) is 16.9 Å². The Balaban J connectivity index is 2.59. The third-order valence-electron chi connectivity index (χ3n) is 2.04. The molecule has 0 aliphatic rings. The highest BCUT2D eigenvalue weighted by molar-refractivity contribution is 5.64. The molecule has 4 nitrogen and oxygen atoms in total. The highest BCUT2D eigenvalue weighted by Gasteiger charge is 2.15. The molecule has 0 bridgehead atoms. The van der Waals surface area contributed by atoms with Gasteiger partial charge in [-0.25, -0.2) is 0 Å². The molecule has 2 rings (SSSR count). The molecule has 0 unspecified atom stereocenters. The van der Waals surface area contributed by atoms with Crippen molar-refractivity contribution >= 4 is 5.88 Å². The van der Waals surface area contributed by atoms with Crippen molar-refractivity contribution in [3.8, 4) is 11.5 Å². The standard InChI is InChI=1S/C9H10N2O2/c1-5-3-4-12-8(5)7-6(2)9(10)13-11-7/h3-4H,10H2,1-2H3. The summed E-state index contributed by atoms with van der Waals surface area (Å²) in [5.74, 6) is 1.06. The summed E-state index contributed by atoms with van der Waals surface area (Å²) in [7, 11) is 0. The number of aryl methyl sites for hydroxylation is 1. The molecule has 0 atom stereocenters. The number of nitrogens with two attached hydrogens (primary N) is 1. The molecule has 2 aromatic heterocycles. The van der Waals surface area contributed by atoms with Crippen LogP contribution >= 0.6 is 0 Å². The molecule has 0 aromatic carbocycles. The van der Waals surface area contributed by atoms with Crippen LogP contribution in [0.2, 0.25) is 0 Å². The Hall–Kier alpha value is -1.71. The molecule has 0 saturated carbocycles. The van der Waals surface area contributed by atoms with Crippen LogP contribution in [0.4, 0.5) is 5.88 Å². The average Bonchev–Trinajstić information content (AvgIpc) is 2.62. The minimum absolute atomic E-state index is 0.339. The Labute approximate surface area is 75.3 Å². The Kier molecular flexibility index (Phi) is 1.62. The predicted octanol–water partition coefficient (Wildman–Crippen LogP) is 2.13. The molecule has 0 fully saturated rings. The second-order valence-corrected chi connectivity index (χ2v) is 2.95. The van der Waals surface area contributed by atoms with Crippen LogP contribution in [0.25, 0.3) is 11.5 Å². The number of nitrogens with zero attached hydrogens (tertiary/aromatic N) is 1. The molecule has 0 radical (unpaired) electrons. The van der Waals surface area contributed by atoms with E-state index in [0.29, 0.717) is 11.6 Å². The average molecular weight is 178 g/mol. The van der Waals surface area contributed by atoms with Gasteiger partial charge in [0.05, 0.1) is 6.26 Å². The van der Waals surface area contributed by atoms with Crippen molar-refractivity contribution in [2.24, 2.45) is 0 Å². The van der Waals surface area contributed by atoms with Crippen LogP contribution < -0.4 is 5.73 Å². The largest absolute Gasteiger partial charge is 0.462 e. The van der Waals surface area contributed by atoms with Crippen LogP contribution in [0, 0.1) is 13.8 Å². The van der Waals surface area contributed by atoms with E-state index in [4.69, 9.17) is 14.7 Å². The zero-order valence-corrected chi connectivity index (χ0v) is 7.50. The van der Waals surface area contributed by atoms with E-state index < -0.39 is 0 Å². The third kappa shape index (κ3) is 1.11. The molecule has 0 aliphatic carbocycles. The summed E-state index contributed by atoms with van der Waals surface area (Å²) in [6.07, 6.45) is 1.62. The molecular formula is C9H10N2O2. The smallest absolute Gasteiger partial charge is 0.225 e. The van der Waals surface area contributed by atoms with Crippen molar-refractivity contribution in [2.75, 3.05) is 5.73 Å². The Bertz CT molecular complexity index is 429. The normalized spacial score (nSPS) is 10.6. The maximum atomic E-state index is 5.53. The van der Waals surface area contributed by atoms with E-state index in [9.17, 15) is 0 Å². The maximum absolute atomic E-state index is 5.53. The summed E-state index contributed by atoms with van der Waals surface area (Å²) < 4.78 is 10.1. The summed E-state index contributed by atoms with van der Waals surface area (Å²) in [4.78, 5) is 0. The van der Waals surface area contributed by atoms with Gasteiger partial charge in [-0.3, -0.25) is 0 Å². The highest BCUT2D eigenvalue weighted by atomic mass is 16.5. The summed E-state index contributed by atoms with van der Waals surface area (Å²) in [5.41, 5.74) is 8.05. The Morgan fingerprint density at radius 2 is 2.15 bits per heavy atom. The first-order valence-electron chi connectivity index (χ1n) is 3.96. The lowest BCUT2D eigenvalue weighted by atomic mass is 10.1. The first-order valence-corrected chi connectivity index (χ1v) is 3.96. The zero-order chi connectivity index (χ0) is 9.42. The molecule has 2 N–H and O–H groups in total. The van der Waals surface area contributed by atoms with E-state index in [2.05, 4.69) is 5.16 Å². The topological polar surface area (TPSA) is 65.2 Å². The minimum Gasteiger partial charge on any atom is -0.462 e. The molecule has 0 aliphatic heterocycles. The SMILES string of the molecule is Cc1ccoc1-c1noc(N)c1C. The van der Waals surface area contributed by atoms with Gasteiger partial charge >= 0.3 is 0 Å². The second kappa shape index (κ2) is 2.65. The summed E-state index contributed by atoms with van der Waals surface area (Å²) in [6.45, 7) is 3.80. The minimum atomic E-state index is 0.339. The van der Waals surface area contributed by atoms with E-state index in [1.807, 2.05) is 19.9 Å². The number of hydrogen-bond acceptors (Lipinski definition) is 4. The van der Waals surface area contributed by atoms with Gasteiger partial charge in [-0.2, -0.15) is 0 Å². The molecule has 0 amide bonds. The third-order valence-corrected chi connectivity index (χ3v) is 2.04. The zero-order valence-electron chi connectivity index (χ0n) is 7.50. The van der Waals surface area contributed by atoms with Crippen LogP contribution in [0.15, 0.2) is 21.3 Å².